The van der Waals surface area contributed by atoms with Gasteiger partial charge in [0.2, 0.25) is 5.91 Å². The van der Waals surface area contributed by atoms with E-state index in [1.165, 1.54) is 6.07 Å². The fourth-order valence-corrected chi connectivity index (χ4v) is 4.92. The average molecular weight is 416 g/mol. The predicted molar refractivity (Wildman–Crippen MR) is 118 cm³/mol. The van der Waals surface area contributed by atoms with Crippen LogP contribution < -0.4 is 11.1 Å². The molecular formula is C24H24N4O3. The first kappa shape index (κ1) is 19.5. The maximum atomic E-state index is 12.9. The molecule has 2 aliphatic rings. The number of pyridine rings is 1. The van der Waals surface area contributed by atoms with Crippen molar-refractivity contribution in [3.8, 4) is 22.5 Å². The summed E-state index contributed by atoms with van der Waals surface area (Å²) >= 11 is 0. The smallest absolute Gasteiger partial charge is 0.251 e. The monoisotopic (exact) mass is 416 g/mol. The summed E-state index contributed by atoms with van der Waals surface area (Å²) in [4.78, 5) is 45.6. The highest BCUT2D eigenvalue weighted by Gasteiger charge is 2.35. The highest BCUT2D eigenvalue weighted by molar-refractivity contribution is 5.73. The number of piperidine rings is 1. The van der Waals surface area contributed by atoms with Crippen LogP contribution >= 0.6 is 0 Å². The lowest BCUT2D eigenvalue weighted by molar-refractivity contribution is -0.131. The molecule has 0 radical (unpaired) electrons. The lowest BCUT2D eigenvalue weighted by Crippen LogP contribution is -2.48. The van der Waals surface area contributed by atoms with E-state index in [-0.39, 0.29) is 22.9 Å². The number of nitrogens with one attached hydrogen (secondary N) is 1. The van der Waals surface area contributed by atoms with E-state index in [1.807, 2.05) is 33.7 Å². The van der Waals surface area contributed by atoms with Crippen LogP contribution in [0.15, 0.2) is 52.1 Å². The standard InChI is InChI=1S/C24H24N4O3/c1-14-7-22(30)26-24(25-14)18-5-3-17(4-6-18)19-9-21-20-8-16(11-27(13-20)15(2)29)12-28(21)23(31)10-19/h3-7,9-10,16,20H,8,11-13H2,1-2H3,(H,25,26,30)/t16-,20+/m0/s1. The Labute approximate surface area is 179 Å². The zero-order valence-electron chi connectivity index (χ0n) is 17.6. The topological polar surface area (TPSA) is 88.1 Å². The van der Waals surface area contributed by atoms with Crippen molar-refractivity contribution in [1.82, 2.24) is 19.4 Å². The molecule has 1 fully saturated rings. The third kappa shape index (κ3) is 3.60. The highest BCUT2D eigenvalue weighted by Crippen LogP contribution is 2.36. The van der Waals surface area contributed by atoms with Crippen molar-refractivity contribution < 1.29 is 4.79 Å². The third-order valence-electron chi connectivity index (χ3n) is 6.36. The molecule has 1 saturated heterocycles. The number of nitrogens with zero attached hydrogens (tertiary/aromatic N) is 3. The Morgan fingerprint density at radius 1 is 1.00 bits per heavy atom. The Kier molecular flexibility index (Phi) is 4.61. The minimum absolute atomic E-state index is 0.00670. The number of aromatic nitrogens is 3. The molecule has 3 aromatic rings. The number of likely N-dealkylation sites (tertiary alicyclic amines) is 1. The number of amides is 1. The summed E-state index contributed by atoms with van der Waals surface area (Å²) < 4.78 is 1.88. The molecule has 31 heavy (non-hydrogen) atoms. The molecule has 2 aliphatic heterocycles. The van der Waals surface area contributed by atoms with E-state index in [9.17, 15) is 14.4 Å². The number of carbonyl (C=O) groups excluding carboxylic acids is 1. The van der Waals surface area contributed by atoms with Crippen molar-refractivity contribution in [1.29, 1.82) is 0 Å². The van der Waals surface area contributed by atoms with Gasteiger partial charge in [-0.05, 0) is 36.5 Å². The fourth-order valence-electron chi connectivity index (χ4n) is 4.92. The lowest BCUT2D eigenvalue weighted by Gasteiger charge is -2.42. The van der Waals surface area contributed by atoms with E-state index in [1.54, 1.807) is 19.9 Å². The molecule has 0 unspecified atom stereocenters. The zero-order chi connectivity index (χ0) is 21.7. The Hall–Kier alpha value is -3.48. The molecule has 0 saturated carbocycles. The Morgan fingerprint density at radius 2 is 1.74 bits per heavy atom. The minimum atomic E-state index is -0.181. The summed E-state index contributed by atoms with van der Waals surface area (Å²) in [6.45, 7) is 5.47. The number of fused-ring (bicyclic) bond motifs is 4. The Bertz CT molecular complexity index is 1290. The van der Waals surface area contributed by atoms with Gasteiger partial charge in [0.15, 0.2) is 0 Å². The van der Waals surface area contributed by atoms with Gasteiger partial charge in [0.05, 0.1) is 0 Å². The predicted octanol–water partition coefficient (Wildman–Crippen LogP) is 2.54. The number of hydrogen-bond donors (Lipinski definition) is 1. The van der Waals surface area contributed by atoms with Crippen molar-refractivity contribution >= 4 is 5.91 Å². The summed E-state index contributed by atoms with van der Waals surface area (Å²) in [5.41, 5.74) is 4.11. The van der Waals surface area contributed by atoms with Gasteiger partial charge in [0.1, 0.15) is 5.82 Å². The number of hydrogen-bond acceptors (Lipinski definition) is 4. The van der Waals surface area contributed by atoms with E-state index < -0.39 is 0 Å². The van der Waals surface area contributed by atoms with Gasteiger partial charge in [-0.2, -0.15) is 0 Å². The molecule has 7 nitrogen and oxygen atoms in total. The van der Waals surface area contributed by atoms with Crippen LogP contribution in [0.5, 0.6) is 0 Å². The largest absolute Gasteiger partial charge is 0.342 e. The maximum absolute atomic E-state index is 12.9. The van der Waals surface area contributed by atoms with Gasteiger partial charge in [-0.15, -0.1) is 0 Å². The lowest BCUT2D eigenvalue weighted by atomic mass is 9.82. The summed E-state index contributed by atoms with van der Waals surface area (Å²) in [6.07, 6.45) is 1.01. The highest BCUT2D eigenvalue weighted by atomic mass is 16.2. The van der Waals surface area contributed by atoms with Gasteiger partial charge in [-0.1, -0.05) is 24.3 Å². The van der Waals surface area contributed by atoms with Crippen LogP contribution in [0.1, 0.15) is 30.7 Å². The van der Waals surface area contributed by atoms with Crippen LogP contribution in [0.2, 0.25) is 0 Å². The first-order valence-corrected chi connectivity index (χ1v) is 10.6. The molecule has 7 heteroatoms. The van der Waals surface area contributed by atoms with Crippen LogP contribution in [-0.4, -0.2) is 38.4 Å². The zero-order valence-corrected chi connectivity index (χ0v) is 17.6. The van der Waals surface area contributed by atoms with Crippen molar-refractivity contribution in [3.05, 3.63) is 74.6 Å². The third-order valence-corrected chi connectivity index (χ3v) is 6.36. The summed E-state index contributed by atoms with van der Waals surface area (Å²) in [7, 11) is 0. The minimum Gasteiger partial charge on any atom is -0.342 e. The summed E-state index contributed by atoms with van der Waals surface area (Å²) in [5, 5.41) is 0. The normalized spacial score (nSPS) is 19.7. The quantitative estimate of drug-likeness (QED) is 0.695. The van der Waals surface area contributed by atoms with Crippen molar-refractivity contribution in [2.24, 2.45) is 5.92 Å². The van der Waals surface area contributed by atoms with Crippen LogP contribution in [-0.2, 0) is 11.3 Å². The van der Waals surface area contributed by atoms with Gasteiger partial charge in [-0.3, -0.25) is 14.4 Å². The molecule has 1 aromatic carbocycles. The second-order valence-electron chi connectivity index (χ2n) is 8.65. The molecule has 5 rings (SSSR count). The van der Waals surface area contributed by atoms with E-state index in [0.29, 0.717) is 30.5 Å². The number of aromatic amines is 1. The molecule has 1 amide bonds. The molecule has 2 bridgehead atoms. The molecule has 2 atom stereocenters. The number of H-pyrrole nitrogens is 1. The molecule has 158 valence electrons. The molecule has 2 aromatic heterocycles. The SMILES string of the molecule is CC(=O)N1C[C@@H]2C[C@H](C1)c1cc(-c3ccc(-c4nc(C)cc(=O)[nH]4)cc3)cc(=O)n1C2. The van der Waals surface area contributed by atoms with Gasteiger partial charge >= 0.3 is 0 Å². The first-order chi connectivity index (χ1) is 14.9. The van der Waals surface area contributed by atoms with E-state index in [4.69, 9.17) is 0 Å². The molecule has 0 spiro atoms. The number of aryl methyl sites for hydroxylation is 1. The summed E-state index contributed by atoms with van der Waals surface area (Å²) in [6, 6.07) is 12.9. The van der Waals surface area contributed by atoms with Gasteiger partial charge in [0.25, 0.3) is 11.1 Å². The number of carbonyl (C=O) groups is 1. The Balaban J connectivity index is 1.50. The van der Waals surface area contributed by atoms with Crippen molar-refractivity contribution in [2.75, 3.05) is 13.1 Å². The van der Waals surface area contributed by atoms with Crippen LogP contribution in [0.4, 0.5) is 0 Å². The average Bonchev–Trinajstić information content (AvgIpc) is 2.73. The number of benzene rings is 1. The number of rotatable bonds is 2. The van der Waals surface area contributed by atoms with Crippen LogP contribution in [0.25, 0.3) is 22.5 Å². The van der Waals surface area contributed by atoms with E-state index in [2.05, 4.69) is 16.0 Å². The van der Waals surface area contributed by atoms with Gasteiger partial charge in [-0.25, -0.2) is 4.98 Å². The van der Waals surface area contributed by atoms with Crippen molar-refractivity contribution in [3.63, 3.8) is 0 Å². The van der Waals surface area contributed by atoms with E-state index >= 15 is 0 Å². The molecular weight excluding hydrogens is 392 g/mol. The van der Waals surface area contributed by atoms with Crippen LogP contribution in [0, 0.1) is 12.8 Å². The molecule has 0 aliphatic carbocycles. The first-order valence-electron chi connectivity index (χ1n) is 10.6. The van der Waals surface area contributed by atoms with Gasteiger partial charge < -0.3 is 14.5 Å². The summed E-state index contributed by atoms with van der Waals surface area (Å²) in [5.74, 6) is 1.14. The Morgan fingerprint density at radius 3 is 2.45 bits per heavy atom. The second-order valence-corrected chi connectivity index (χ2v) is 8.65. The second kappa shape index (κ2) is 7.34. The van der Waals surface area contributed by atoms with Crippen LogP contribution in [0.3, 0.4) is 0 Å². The fraction of sp³-hybridized carbons (Fsp3) is 0.333. The maximum Gasteiger partial charge on any atom is 0.251 e. The molecule has 4 heterocycles. The van der Waals surface area contributed by atoms with Gasteiger partial charge in [0, 0.05) is 61.6 Å². The van der Waals surface area contributed by atoms with Crippen molar-refractivity contribution in [2.45, 2.75) is 32.7 Å². The van der Waals surface area contributed by atoms with E-state index in [0.717, 1.165) is 35.3 Å². The molecule has 1 N–H and O–H groups in total.